The van der Waals surface area contributed by atoms with E-state index in [4.69, 9.17) is 0 Å². The third-order valence-electron chi connectivity index (χ3n) is 12.2. The number of hydrogen-bond acceptors (Lipinski definition) is 1. The van der Waals surface area contributed by atoms with Gasteiger partial charge in [0.05, 0.1) is 5.69 Å². The molecule has 0 amide bonds. The van der Waals surface area contributed by atoms with Gasteiger partial charge in [-0.05, 0) is 125 Å². The highest BCUT2D eigenvalue weighted by molar-refractivity contribution is 6.26. The Morgan fingerprint density at radius 1 is 0.321 bits per heavy atom. The number of hydrogen-bond donors (Lipinski definition) is 0. The minimum Gasteiger partial charge on any atom is -0.310 e. The van der Waals surface area contributed by atoms with Gasteiger partial charge in [0, 0.05) is 22.2 Å². The summed E-state index contributed by atoms with van der Waals surface area (Å²) in [5, 5.41) is 10.4. The van der Waals surface area contributed by atoms with E-state index in [9.17, 15) is 0 Å². The van der Waals surface area contributed by atoms with Crippen LogP contribution in [0.2, 0.25) is 0 Å². The molecule has 10 aromatic carbocycles. The lowest BCUT2D eigenvalue weighted by Crippen LogP contribution is -2.17. The van der Waals surface area contributed by atoms with E-state index >= 15 is 0 Å². The van der Waals surface area contributed by atoms with Crippen molar-refractivity contribution in [2.45, 2.75) is 19.3 Å². The van der Waals surface area contributed by atoms with Gasteiger partial charge in [0.1, 0.15) is 0 Å². The molecule has 0 radical (unpaired) electrons. The predicted octanol–water partition coefficient (Wildman–Crippen LogP) is 15.4. The Hall–Kier alpha value is -6.96. The molecule has 0 unspecified atom stereocenters. The lowest BCUT2D eigenvalue weighted by atomic mass is 9.80. The number of benzene rings is 10. The van der Waals surface area contributed by atoms with Crippen LogP contribution in [0.25, 0.3) is 76.5 Å². The van der Waals surface area contributed by atoms with E-state index in [1.165, 1.54) is 93.3 Å². The number of anilines is 3. The van der Waals surface area contributed by atoms with Gasteiger partial charge in [0.25, 0.3) is 0 Å². The molecule has 0 saturated heterocycles. The molecule has 10 aromatic rings. The van der Waals surface area contributed by atoms with Crippen LogP contribution in [0.15, 0.2) is 200 Å². The SMILES string of the molecule is CC1(C)c2cc3c4ccccc4c4ccccc4c3cc2-c2c1cc(N(c1ccccc1)c1ccc(-c3ccc(-c4ccccc4)cc3)cc1)c1ccccc21. The van der Waals surface area contributed by atoms with Crippen LogP contribution in [0, 0.1) is 0 Å². The Morgan fingerprint density at radius 3 is 1.30 bits per heavy atom. The van der Waals surface area contributed by atoms with E-state index in [-0.39, 0.29) is 5.41 Å². The average molecular weight is 714 g/mol. The summed E-state index contributed by atoms with van der Waals surface area (Å²) in [7, 11) is 0. The second-order valence-corrected chi connectivity index (χ2v) is 15.7. The molecule has 56 heavy (non-hydrogen) atoms. The van der Waals surface area contributed by atoms with Gasteiger partial charge < -0.3 is 4.90 Å². The molecule has 1 nitrogen and oxygen atoms in total. The summed E-state index contributed by atoms with van der Waals surface area (Å²) in [6.07, 6.45) is 0. The van der Waals surface area contributed by atoms with Crippen LogP contribution in [-0.4, -0.2) is 0 Å². The number of fused-ring (bicyclic) bond motifs is 11. The maximum Gasteiger partial charge on any atom is 0.0543 e. The molecule has 0 N–H and O–H groups in total. The van der Waals surface area contributed by atoms with E-state index in [1.54, 1.807) is 0 Å². The summed E-state index contributed by atoms with van der Waals surface area (Å²) in [4.78, 5) is 2.45. The molecule has 264 valence electrons. The Kier molecular flexibility index (Phi) is 7.28. The smallest absolute Gasteiger partial charge is 0.0543 e. The van der Waals surface area contributed by atoms with Crippen LogP contribution in [0.5, 0.6) is 0 Å². The number of nitrogens with zero attached hydrogens (tertiary/aromatic N) is 1. The Bertz CT molecular complexity index is 3120. The number of para-hydroxylation sites is 1. The third kappa shape index (κ3) is 4.94. The first kappa shape index (κ1) is 32.5. The minimum absolute atomic E-state index is 0.220. The molecule has 0 atom stereocenters. The van der Waals surface area contributed by atoms with Crippen LogP contribution in [0.1, 0.15) is 25.0 Å². The molecule has 1 heteroatoms. The maximum absolute atomic E-state index is 2.51. The van der Waals surface area contributed by atoms with Crippen LogP contribution >= 0.6 is 0 Å². The van der Waals surface area contributed by atoms with E-state index < -0.39 is 0 Å². The molecular formula is C55H39N. The third-order valence-corrected chi connectivity index (χ3v) is 12.2. The van der Waals surface area contributed by atoms with E-state index in [0.29, 0.717) is 0 Å². The van der Waals surface area contributed by atoms with Gasteiger partial charge in [-0.1, -0.05) is 172 Å². The van der Waals surface area contributed by atoms with Gasteiger partial charge in [0.15, 0.2) is 0 Å². The Balaban J connectivity index is 1.09. The molecular weight excluding hydrogens is 675 g/mol. The molecule has 0 aromatic heterocycles. The highest BCUT2D eigenvalue weighted by Crippen LogP contribution is 2.56. The molecule has 0 heterocycles. The van der Waals surface area contributed by atoms with Crippen molar-refractivity contribution in [3.05, 3.63) is 211 Å². The zero-order valence-electron chi connectivity index (χ0n) is 31.5. The fourth-order valence-electron chi connectivity index (χ4n) is 9.44. The number of rotatable bonds is 5. The summed E-state index contributed by atoms with van der Waals surface area (Å²) in [5.41, 5.74) is 13.5. The van der Waals surface area contributed by atoms with E-state index in [1.807, 2.05) is 0 Å². The Labute approximate surface area is 327 Å². The van der Waals surface area contributed by atoms with Crippen molar-refractivity contribution >= 4 is 60.2 Å². The highest BCUT2D eigenvalue weighted by atomic mass is 15.1. The fraction of sp³-hybridized carbons (Fsp3) is 0.0545. The van der Waals surface area contributed by atoms with Crippen molar-refractivity contribution in [3.8, 4) is 33.4 Å². The van der Waals surface area contributed by atoms with E-state index in [0.717, 1.165) is 11.4 Å². The standard InChI is InChI=1S/C55H39N/c1-55(2)51-34-49-45-22-12-10-20-43(45)42-19-9-11-21-44(42)48(49)33-50(51)54-47-24-14-13-23-46(47)53(35-52(54)55)56(40-17-7-4-8-18-40)41-31-29-39(30-32-41)38-27-25-37(26-28-38)36-15-5-3-6-16-36/h3-35H,1-2H3. The Morgan fingerprint density at radius 2 is 0.732 bits per heavy atom. The van der Waals surface area contributed by atoms with Gasteiger partial charge in [-0.2, -0.15) is 0 Å². The lowest BCUT2D eigenvalue weighted by Gasteiger charge is -2.30. The van der Waals surface area contributed by atoms with E-state index in [2.05, 4.69) is 219 Å². The molecule has 0 aliphatic heterocycles. The van der Waals surface area contributed by atoms with Crippen LogP contribution in [-0.2, 0) is 5.41 Å². The van der Waals surface area contributed by atoms with Gasteiger partial charge in [-0.25, -0.2) is 0 Å². The monoisotopic (exact) mass is 713 g/mol. The topological polar surface area (TPSA) is 3.24 Å². The molecule has 0 spiro atoms. The lowest BCUT2D eigenvalue weighted by molar-refractivity contribution is 0.662. The van der Waals surface area contributed by atoms with Gasteiger partial charge in [-0.3, -0.25) is 0 Å². The first-order chi connectivity index (χ1) is 27.5. The summed E-state index contributed by atoms with van der Waals surface area (Å²) in [6, 6.07) is 73.7. The van der Waals surface area contributed by atoms with Gasteiger partial charge in [0.2, 0.25) is 0 Å². The quantitative estimate of drug-likeness (QED) is 0.161. The van der Waals surface area contributed by atoms with Gasteiger partial charge >= 0.3 is 0 Å². The van der Waals surface area contributed by atoms with Crippen molar-refractivity contribution in [1.82, 2.24) is 0 Å². The summed E-state index contributed by atoms with van der Waals surface area (Å²) in [5.74, 6) is 0. The van der Waals surface area contributed by atoms with Crippen molar-refractivity contribution in [3.63, 3.8) is 0 Å². The zero-order chi connectivity index (χ0) is 37.4. The minimum atomic E-state index is -0.220. The molecule has 0 fully saturated rings. The first-order valence-electron chi connectivity index (χ1n) is 19.6. The highest BCUT2D eigenvalue weighted by Gasteiger charge is 2.38. The first-order valence-corrected chi connectivity index (χ1v) is 19.6. The maximum atomic E-state index is 2.51. The molecule has 0 bridgehead atoms. The second kappa shape index (κ2) is 12.5. The van der Waals surface area contributed by atoms with Crippen molar-refractivity contribution < 1.29 is 0 Å². The molecule has 0 saturated carbocycles. The normalized spacial score (nSPS) is 13.0. The molecule has 1 aliphatic rings. The van der Waals surface area contributed by atoms with Gasteiger partial charge in [-0.15, -0.1) is 0 Å². The largest absolute Gasteiger partial charge is 0.310 e. The second-order valence-electron chi connectivity index (χ2n) is 15.7. The van der Waals surface area contributed by atoms with Crippen molar-refractivity contribution in [1.29, 1.82) is 0 Å². The average Bonchev–Trinajstić information content (AvgIpc) is 3.49. The molecule has 1 aliphatic carbocycles. The fourth-order valence-corrected chi connectivity index (χ4v) is 9.44. The summed E-state index contributed by atoms with van der Waals surface area (Å²) < 4.78 is 0. The molecule has 11 rings (SSSR count). The summed E-state index contributed by atoms with van der Waals surface area (Å²) in [6.45, 7) is 4.83. The van der Waals surface area contributed by atoms with Crippen molar-refractivity contribution in [2.75, 3.05) is 4.90 Å². The van der Waals surface area contributed by atoms with Crippen LogP contribution in [0.3, 0.4) is 0 Å². The van der Waals surface area contributed by atoms with Crippen LogP contribution in [0.4, 0.5) is 17.1 Å². The van der Waals surface area contributed by atoms with Crippen LogP contribution < -0.4 is 4.90 Å². The van der Waals surface area contributed by atoms with Crippen molar-refractivity contribution in [2.24, 2.45) is 0 Å². The zero-order valence-corrected chi connectivity index (χ0v) is 31.5. The summed E-state index contributed by atoms with van der Waals surface area (Å²) >= 11 is 0. The predicted molar refractivity (Wildman–Crippen MR) is 240 cm³/mol.